The van der Waals surface area contributed by atoms with Gasteiger partial charge in [-0.15, -0.1) is 0 Å². The number of nitrogens with zero attached hydrogens (tertiary/aromatic N) is 1. The van der Waals surface area contributed by atoms with E-state index in [2.05, 4.69) is 5.32 Å². The van der Waals surface area contributed by atoms with Crippen LogP contribution in [0.25, 0.3) is 0 Å². The summed E-state index contributed by atoms with van der Waals surface area (Å²) in [4.78, 5) is 12.1. The Morgan fingerprint density at radius 1 is 1.60 bits per heavy atom. The maximum absolute atomic E-state index is 12.6. The minimum absolute atomic E-state index is 0.0899. The van der Waals surface area contributed by atoms with Crippen molar-refractivity contribution in [2.45, 2.75) is 24.8 Å². The predicted molar refractivity (Wildman–Crippen MR) is 45.0 cm³/mol. The number of alkyl halides is 4. The lowest BCUT2D eigenvalue weighted by Crippen LogP contribution is -2.45. The van der Waals surface area contributed by atoms with Crippen LogP contribution in [0.2, 0.25) is 0 Å². The molecule has 0 aromatic heterocycles. The molecule has 88 valence electrons. The van der Waals surface area contributed by atoms with E-state index in [1.807, 2.05) is 0 Å². The van der Waals surface area contributed by atoms with Gasteiger partial charge in [-0.2, -0.15) is 8.78 Å². The predicted octanol–water partition coefficient (Wildman–Crippen LogP) is 0.707. The van der Waals surface area contributed by atoms with Crippen LogP contribution < -0.4 is 5.32 Å². The number of rotatable bonds is 4. The van der Waals surface area contributed by atoms with Gasteiger partial charge in [0.1, 0.15) is 0 Å². The Morgan fingerprint density at radius 2 is 2.20 bits per heavy atom. The number of amides is 1. The number of likely N-dealkylation sites (tertiary alicyclic amines) is 1. The first kappa shape index (κ1) is 12.2. The third kappa shape index (κ3) is 2.58. The van der Waals surface area contributed by atoms with Gasteiger partial charge in [-0.25, -0.2) is 8.78 Å². The average Bonchev–Trinajstić information content (AvgIpc) is 2.47. The van der Waals surface area contributed by atoms with Crippen LogP contribution in [0.15, 0.2) is 0 Å². The number of halogens is 4. The first-order valence-electron chi connectivity index (χ1n) is 4.50. The fraction of sp³-hybridized carbons (Fsp3) is 0.875. The zero-order chi connectivity index (χ0) is 11.6. The molecule has 0 bridgehead atoms. The van der Waals surface area contributed by atoms with Crippen LogP contribution >= 0.6 is 0 Å². The van der Waals surface area contributed by atoms with Gasteiger partial charge in [0.25, 0.3) is 0 Å². The molecular formula is C8H12F4N2O. The molecule has 15 heavy (non-hydrogen) atoms. The van der Waals surface area contributed by atoms with Gasteiger partial charge < -0.3 is 10.2 Å². The second-order valence-corrected chi connectivity index (χ2v) is 3.45. The summed E-state index contributed by atoms with van der Waals surface area (Å²) >= 11 is 0. The van der Waals surface area contributed by atoms with Crippen LogP contribution in [0, 0.1) is 0 Å². The van der Waals surface area contributed by atoms with Gasteiger partial charge in [0.05, 0.1) is 12.6 Å². The molecule has 1 heterocycles. The molecule has 1 atom stereocenters. The summed E-state index contributed by atoms with van der Waals surface area (Å²) in [5, 5.41) is 2.64. The quantitative estimate of drug-likeness (QED) is 0.719. The second kappa shape index (κ2) is 4.34. The van der Waals surface area contributed by atoms with E-state index < -0.39 is 30.8 Å². The number of carbonyl (C=O) groups is 1. The number of nitrogens with one attached hydrogen (secondary N) is 1. The topological polar surface area (TPSA) is 32.3 Å². The molecule has 3 nitrogen and oxygen atoms in total. The molecule has 0 aliphatic carbocycles. The van der Waals surface area contributed by atoms with Gasteiger partial charge in [-0.3, -0.25) is 4.79 Å². The van der Waals surface area contributed by atoms with E-state index in [0.29, 0.717) is 6.42 Å². The molecule has 1 fully saturated rings. The summed E-state index contributed by atoms with van der Waals surface area (Å²) in [6.07, 6.45) is -3.37. The zero-order valence-corrected chi connectivity index (χ0v) is 8.14. The van der Waals surface area contributed by atoms with Crippen molar-refractivity contribution in [2.24, 2.45) is 0 Å². The second-order valence-electron chi connectivity index (χ2n) is 3.45. The Morgan fingerprint density at radius 3 is 2.60 bits per heavy atom. The first-order valence-corrected chi connectivity index (χ1v) is 4.50. The third-order valence-electron chi connectivity index (χ3n) is 2.37. The summed E-state index contributed by atoms with van der Waals surface area (Å²) in [5.74, 6) is -4.67. The molecule has 1 unspecified atom stereocenters. The maximum Gasteiger partial charge on any atom is 0.324 e. The molecule has 0 saturated carbocycles. The lowest BCUT2D eigenvalue weighted by Gasteiger charge is -2.23. The van der Waals surface area contributed by atoms with Crippen molar-refractivity contribution in [3.63, 3.8) is 0 Å². The Labute approximate surface area is 84.4 Å². The van der Waals surface area contributed by atoms with Gasteiger partial charge in [0.15, 0.2) is 0 Å². The van der Waals surface area contributed by atoms with Gasteiger partial charge >= 0.3 is 12.3 Å². The highest BCUT2D eigenvalue weighted by atomic mass is 19.3. The molecule has 1 N–H and O–H groups in total. The molecule has 0 radical (unpaired) electrons. The molecular weight excluding hydrogens is 216 g/mol. The minimum Gasteiger partial charge on any atom is -0.335 e. The summed E-state index contributed by atoms with van der Waals surface area (Å²) in [6.45, 7) is -1.12. The van der Waals surface area contributed by atoms with Crippen LogP contribution in [0.4, 0.5) is 17.6 Å². The fourth-order valence-electron chi connectivity index (χ4n) is 1.49. The van der Waals surface area contributed by atoms with Crippen molar-refractivity contribution in [2.75, 3.05) is 20.1 Å². The lowest BCUT2D eigenvalue weighted by atomic mass is 10.2. The highest BCUT2D eigenvalue weighted by Gasteiger charge is 2.45. The lowest BCUT2D eigenvalue weighted by molar-refractivity contribution is -0.153. The van der Waals surface area contributed by atoms with Crippen molar-refractivity contribution in [1.82, 2.24) is 10.2 Å². The standard InChI is InChI=1S/C8H12F4N2O/c1-13-5-2-3-14(6(5)15)4-8(11,12)7(9)10/h5,7,13H,2-4H2,1H3. The molecule has 0 spiro atoms. The Balaban J connectivity index is 2.57. The average molecular weight is 228 g/mol. The molecule has 0 aromatic carbocycles. The van der Waals surface area contributed by atoms with E-state index in [4.69, 9.17) is 0 Å². The molecule has 1 saturated heterocycles. The van der Waals surface area contributed by atoms with Crippen molar-refractivity contribution in [3.05, 3.63) is 0 Å². The Kier molecular flexibility index (Phi) is 3.54. The third-order valence-corrected chi connectivity index (χ3v) is 2.37. The smallest absolute Gasteiger partial charge is 0.324 e. The van der Waals surface area contributed by atoms with Gasteiger partial charge in [-0.05, 0) is 13.5 Å². The van der Waals surface area contributed by atoms with Crippen LogP contribution in [-0.4, -0.2) is 49.3 Å². The largest absolute Gasteiger partial charge is 0.335 e. The summed E-state index contributed by atoms with van der Waals surface area (Å²) < 4.78 is 49.0. The van der Waals surface area contributed by atoms with Gasteiger partial charge in [0, 0.05) is 6.54 Å². The summed E-state index contributed by atoms with van der Waals surface area (Å²) in [7, 11) is 1.53. The molecule has 1 amide bonds. The van der Waals surface area contributed by atoms with Gasteiger partial charge in [-0.1, -0.05) is 0 Å². The molecule has 1 aliphatic rings. The summed E-state index contributed by atoms with van der Waals surface area (Å²) in [5.41, 5.74) is 0. The van der Waals surface area contributed by atoms with Crippen LogP contribution in [0.5, 0.6) is 0 Å². The first-order chi connectivity index (χ1) is 6.88. The van der Waals surface area contributed by atoms with E-state index >= 15 is 0 Å². The molecule has 7 heteroatoms. The number of carbonyl (C=O) groups excluding carboxylic acids is 1. The zero-order valence-electron chi connectivity index (χ0n) is 8.14. The van der Waals surface area contributed by atoms with Crippen molar-refractivity contribution in [1.29, 1.82) is 0 Å². The summed E-state index contributed by atoms with van der Waals surface area (Å²) in [6, 6.07) is -0.529. The van der Waals surface area contributed by atoms with E-state index in [-0.39, 0.29) is 6.54 Å². The van der Waals surface area contributed by atoms with Crippen molar-refractivity contribution in [3.8, 4) is 0 Å². The maximum atomic E-state index is 12.6. The van der Waals surface area contributed by atoms with E-state index in [9.17, 15) is 22.4 Å². The SMILES string of the molecule is CNC1CCN(CC(F)(F)C(F)F)C1=O. The Bertz CT molecular complexity index is 247. The van der Waals surface area contributed by atoms with Crippen molar-refractivity contribution >= 4 is 5.91 Å². The minimum atomic E-state index is -4.13. The van der Waals surface area contributed by atoms with E-state index in [1.165, 1.54) is 7.05 Å². The molecule has 1 aliphatic heterocycles. The van der Waals surface area contributed by atoms with Crippen LogP contribution in [0.3, 0.4) is 0 Å². The highest BCUT2D eigenvalue weighted by Crippen LogP contribution is 2.26. The van der Waals surface area contributed by atoms with Crippen LogP contribution in [0.1, 0.15) is 6.42 Å². The van der Waals surface area contributed by atoms with Crippen LogP contribution in [-0.2, 0) is 4.79 Å². The molecule has 1 rings (SSSR count). The van der Waals surface area contributed by atoms with Gasteiger partial charge in [0.2, 0.25) is 5.91 Å². The monoisotopic (exact) mass is 228 g/mol. The number of likely N-dealkylation sites (N-methyl/N-ethyl adjacent to an activating group) is 1. The van der Waals surface area contributed by atoms with E-state index in [1.54, 1.807) is 0 Å². The fourth-order valence-corrected chi connectivity index (χ4v) is 1.49. The highest BCUT2D eigenvalue weighted by molar-refractivity contribution is 5.84. The Hall–Kier alpha value is -0.850. The molecule has 0 aromatic rings. The number of hydrogen-bond donors (Lipinski definition) is 1. The normalized spacial score (nSPS) is 22.9. The number of hydrogen-bond acceptors (Lipinski definition) is 2. The van der Waals surface area contributed by atoms with Crippen molar-refractivity contribution < 1.29 is 22.4 Å². The van der Waals surface area contributed by atoms with E-state index in [0.717, 1.165) is 4.90 Å².